The van der Waals surface area contributed by atoms with E-state index in [1.807, 2.05) is 18.2 Å². The molecule has 2 N–H and O–H groups in total. The molecule has 0 atom stereocenters. The molecule has 7 heteroatoms. The number of halogens is 1. The van der Waals surface area contributed by atoms with Crippen LogP contribution in [0.25, 0.3) is 0 Å². The molecule has 2 aromatic carbocycles. The summed E-state index contributed by atoms with van der Waals surface area (Å²) in [6, 6.07) is 15.8. The van der Waals surface area contributed by atoms with E-state index in [4.69, 9.17) is 11.6 Å². The molecule has 0 aliphatic carbocycles. The zero-order chi connectivity index (χ0) is 19.9. The molecule has 1 amide bonds. The van der Waals surface area contributed by atoms with Crippen LogP contribution in [0.2, 0.25) is 5.02 Å². The van der Waals surface area contributed by atoms with Gasteiger partial charge in [0.2, 0.25) is 0 Å². The SMILES string of the molecule is COC(=O)c1ccc(Nc2cncc(C(=O)NCc3ccccc3Cl)c2)cc1. The molecule has 0 unspecified atom stereocenters. The summed E-state index contributed by atoms with van der Waals surface area (Å²) in [7, 11) is 1.34. The lowest BCUT2D eigenvalue weighted by atomic mass is 10.2. The molecule has 0 saturated heterocycles. The quantitative estimate of drug-likeness (QED) is 0.611. The van der Waals surface area contributed by atoms with Gasteiger partial charge in [0.15, 0.2) is 0 Å². The fraction of sp³-hybridized carbons (Fsp3) is 0.0952. The van der Waals surface area contributed by atoms with E-state index in [9.17, 15) is 9.59 Å². The third-order valence-corrected chi connectivity index (χ3v) is 4.36. The molecule has 6 nitrogen and oxygen atoms in total. The van der Waals surface area contributed by atoms with Crippen molar-refractivity contribution in [3.05, 3.63) is 88.7 Å². The highest BCUT2D eigenvalue weighted by Crippen LogP contribution is 2.18. The fourth-order valence-corrected chi connectivity index (χ4v) is 2.73. The predicted molar refractivity (Wildman–Crippen MR) is 108 cm³/mol. The van der Waals surface area contributed by atoms with Crippen molar-refractivity contribution in [2.75, 3.05) is 12.4 Å². The second kappa shape index (κ2) is 9.01. The highest BCUT2D eigenvalue weighted by molar-refractivity contribution is 6.31. The Kier molecular flexibility index (Phi) is 6.24. The van der Waals surface area contributed by atoms with E-state index in [2.05, 4.69) is 20.4 Å². The Labute approximate surface area is 167 Å². The van der Waals surface area contributed by atoms with Crippen LogP contribution in [-0.2, 0) is 11.3 Å². The van der Waals surface area contributed by atoms with Gasteiger partial charge >= 0.3 is 5.97 Å². The molecule has 0 aliphatic heterocycles. The van der Waals surface area contributed by atoms with Crippen molar-refractivity contribution < 1.29 is 14.3 Å². The average molecular weight is 396 g/mol. The summed E-state index contributed by atoms with van der Waals surface area (Å²) in [6.07, 6.45) is 3.10. The van der Waals surface area contributed by atoms with Gasteiger partial charge in [0.1, 0.15) is 0 Å². The van der Waals surface area contributed by atoms with Crippen LogP contribution in [0.4, 0.5) is 11.4 Å². The lowest BCUT2D eigenvalue weighted by molar-refractivity contribution is 0.0600. The maximum absolute atomic E-state index is 12.4. The van der Waals surface area contributed by atoms with E-state index in [1.165, 1.54) is 13.3 Å². The van der Waals surface area contributed by atoms with Gasteiger partial charge in [0.25, 0.3) is 5.91 Å². The van der Waals surface area contributed by atoms with Crippen LogP contribution in [0.1, 0.15) is 26.3 Å². The van der Waals surface area contributed by atoms with Gasteiger partial charge < -0.3 is 15.4 Å². The van der Waals surface area contributed by atoms with E-state index in [0.29, 0.717) is 28.4 Å². The molecule has 0 bridgehead atoms. The zero-order valence-electron chi connectivity index (χ0n) is 15.1. The molecule has 142 valence electrons. The Morgan fingerprint density at radius 2 is 1.75 bits per heavy atom. The van der Waals surface area contributed by atoms with Gasteiger partial charge in [0.05, 0.1) is 30.1 Å². The number of esters is 1. The number of pyridine rings is 1. The number of rotatable bonds is 6. The maximum Gasteiger partial charge on any atom is 0.337 e. The molecular formula is C21H18ClN3O3. The number of nitrogens with zero attached hydrogens (tertiary/aromatic N) is 1. The van der Waals surface area contributed by atoms with E-state index in [1.54, 1.807) is 42.6 Å². The molecule has 1 heterocycles. The van der Waals surface area contributed by atoms with Crippen molar-refractivity contribution in [2.45, 2.75) is 6.54 Å². The van der Waals surface area contributed by atoms with Gasteiger partial charge in [-0.25, -0.2) is 4.79 Å². The molecular weight excluding hydrogens is 378 g/mol. The fourth-order valence-electron chi connectivity index (χ4n) is 2.53. The van der Waals surface area contributed by atoms with E-state index >= 15 is 0 Å². The number of carbonyl (C=O) groups excluding carboxylic acids is 2. The predicted octanol–water partition coefficient (Wildman–Crippen LogP) is 4.20. The Hall–Kier alpha value is -3.38. The summed E-state index contributed by atoms with van der Waals surface area (Å²) in [5.74, 6) is -0.650. The van der Waals surface area contributed by atoms with Crippen LogP contribution < -0.4 is 10.6 Å². The van der Waals surface area contributed by atoms with Crippen molar-refractivity contribution in [2.24, 2.45) is 0 Å². The minimum atomic E-state index is -0.398. The van der Waals surface area contributed by atoms with Crippen LogP contribution >= 0.6 is 11.6 Å². The third kappa shape index (κ3) is 4.86. The summed E-state index contributed by atoms with van der Waals surface area (Å²) >= 11 is 6.11. The molecule has 1 aromatic heterocycles. The van der Waals surface area contributed by atoms with Crippen LogP contribution in [0.15, 0.2) is 67.0 Å². The molecule has 0 spiro atoms. The Morgan fingerprint density at radius 3 is 2.46 bits per heavy atom. The van der Waals surface area contributed by atoms with Crippen molar-refractivity contribution in [1.82, 2.24) is 10.3 Å². The highest BCUT2D eigenvalue weighted by Gasteiger charge is 2.09. The van der Waals surface area contributed by atoms with E-state index < -0.39 is 5.97 Å². The summed E-state index contributed by atoms with van der Waals surface area (Å²) in [6.45, 7) is 0.325. The number of hydrogen-bond acceptors (Lipinski definition) is 5. The first-order valence-corrected chi connectivity index (χ1v) is 8.86. The molecule has 28 heavy (non-hydrogen) atoms. The van der Waals surface area contributed by atoms with Crippen molar-refractivity contribution in [1.29, 1.82) is 0 Å². The number of benzene rings is 2. The van der Waals surface area contributed by atoms with Gasteiger partial charge in [-0.2, -0.15) is 0 Å². The molecule has 3 aromatic rings. The first-order valence-electron chi connectivity index (χ1n) is 8.49. The van der Waals surface area contributed by atoms with Gasteiger partial charge in [-0.15, -0.1) is 0 Å². The number of aromatic nitrogens is 1. The first kappa shape index (κ1) is 19.4. The Bertz CT molecular complexity index is 990. The van der Waals surface area contributed by atoms with E-state index in [-0.39, 0.29) is 5.91 Å². The summed E-state index contributed by atoms with van der Waals surface area (Å²) in [5, 5.41) is 6.58. The number of carbonyl (C=O) groups is 2. The highest BCUT2D eigenvalue weighted by atomic mass is 35.5. The molecule has 3 rings (SSSR count). The van der Waals surface area contributed by atoms with Crippen LogP contribution in [0.5, 0.6) is 0 Å². The lowest BCUT2D eigenvalue weighted by Gasteiger charge is -2.10. The molecule has 0 radical (unpaired) electrons. The molecule has 0 aliphatic rings. The monoisotopic (exact) mass is 395 g/mol. The van der Waals surface area contributed by atoms with Crippen molar-refractivity contribution in [3.8, 4) is 0 Å². The average Bonchev–Trinajstić information content (AvgIpc) is 2.73. The Balaban J connectivity index is 1.65. The van der Waals surface area contributed by atoms with Gasteiger partial charge in [-0.3, -0.25) is 9.78 Å². The number of ether oxygens (including phenoxy) is 1. The lowest BCUT2D eigenvalue weighted by Crippen LogP contribution is -2.23. The van der Waals surface area contributed by atoms with Gasteiger partial charge in [-0.05, 0) is 42.0 Å². The van der Waals surface area contributed by atoms with Gasteiger partial charge in [0, 0.05) is 23.5 Å². The number of amides is 1. The molecule has 0 saturated carbocycles. The number of methoxy groups -OCH3 is 1. The topological polar surface area (TPSA) is 80.3 Å². The minimum Gasteiger partial charge on any atom is -0.465 e. The Morgan fingerprint density at radius 1 is 1.00 bits per heavy atom. The number of nitrogens with one attached hydrogen (secondary N) is 2. The number of anilines is 2. The van der Waals surface area contributed by atoms with E-state index in [0.717, 1.165) is 11.3 Å². The van der Waals surface area contributed by atoms with Gasteiger partial charge in [-0.1, -0.05) is 29.8 Å². The summed E-state index contributed by atoms with van der Waals surface area (Å²) in [4.78, 5) is 28.0. The number of hydrogen-bond donors (Lipinski definition) is 2. The normalized spacial score (nSPS) is 10.2. The smallest absolute Gasteiger partial charge is 0.337 e. The maximum atomic E-state index is 12.4. The zero-order valence-corrected chi connectivity index (χ0v) is 15.9. The van der Waals surface area contributed by atoms with Crippen molar-refractivity contribution in [3.63, 3.8) is 0 Å². The summed E-state index contributed by atoms with van der Waals surface area (Å²) in [5.41, 5.74) is 3.12. The third-order valence-electron chi connectivity index (χ3n) is 3.99. The second-order valence-corrected chi connectivity index (χ2v) is 6.34. The molecule has 0 fully saturated rings. The second-order valence-electron chi connectivity index (χ2n) is 5.93. The largest absolute Gasteiger partial charge is 0.465 e. The van der Waals surface area contributed by atoms with Crippen LogP contribution in [0.3, 0.4) is 0 Å². The van der Waals surface area contributed by atoms with Crippen LogP contribution in [0, 0.1) is 0 Å². The van der Waals surface area contributed by atoms with Crippen molar-refractivity contribution >= 4 is 34.9 Å². The summed E-state index contributed by atoms with van der Waals surface area (Å²) < 4.78 is 4.68. The van der Waals surface area contributed by atoms with Crippen LogP contribution in [-0.4, -0.2) is 24.0 Å². The minimum absolute atomic E-state index is 0.253. The first-order chi connectivity index (χ1) is 13.6. The standard InChI is InChI=1S/C21H18ClN3O3/c1-28-21(27)14-6-8-17(9-7-14)25-18-10-16(11-23-13-18)20(26)24-12-15-4-2-3-5-19(15)22/h2-11,13,25H,12H2,1H3,(H,24,26).